The molecule has 2 amide bonds. The number of pyridine rings is 1. The third-order valence-corrected chi connectivity index (χ3v) is 6.25. The Kier molecular flexibility index (Phi) is 5.46. The fourth-order valence-electron chi connectivity index (χ4n) is 4.93. The average Bonchev–Trinajstić information content (AvgIpc) is 3.25. The van der Waals surface area contributed by atoms with Gasteiger partial charge in [0.1, 0.15) is 0 Å². The van der Waals surface area contributed by atoms with Crippen molar-refractivity contribution in [1.82, 2.24) is 19.7 Å². The molecule has 154 valence electrons. The molecule has 0 unspecified atom stereocenters. The van der Waals surface area contributed by atoms with Gasteiger partial charge in [0.25, 0.3) is 0 Å². The molecular weight excluding hydrogens is 364 g/mol. The summed E-state index contributed by atoms with van der Waals surface area (Å²) in [7, 11) is 5.33. The summed E-state index contributed by atoms with van der Waals surface area (Å²) < 4.78 is 5.27. The summed E-state index contributed by atoms with van der Waals surface area (Å²) in [6.45, 7) is 5.73. The Morgan fingerprint density at radius 2 is 1.93 bits per heavy atom. The second-order valence-corrected chi connectivity index (χ2v) is 8.42. The van der Waals surface area contributed by atoms with E-state index in [1.165, 1.54) is 11.1 Å². The van der Waals surface area contributed by atoms with E-state index in [9.17, 15) is 4.79 Å². The van der Waals surface area contributed by atoms with E-state index < -0.39 is 0 Å². The number of benzene rings is 1. The summed E-state index contributed by atoms with van der Waals surface area (Å²) in [5, 5.41) is 0. The zero-order valence-corrected chi connectivity index (χ0v) is 17.7. The van der Waals surface area contributed by atoms with Crippen LogP contribution in [0.1, 0.15) is 22.9 Å². The van der Waals surface area contributed by atoms with Crippen LogP contribution in [0.15, 0.2) is 42.5 Å². The number of likely N-dealkylation sites (tertiary alicyclic amines) is 2. The molecule has 0 N–H and O–H groups in total. The number of hydrogen-bond donors (Lipinski definition) is 0. The monoisotopic (exact) mass is 394 g/mol. The molecule has 6 heteroatoms. The van der Waals surface area contributed by atoms with E-state index in [1.807, 2.05) is 26.2 Å². The van der Waals surface area contributed by atoms with Crippen molar-refractivity contribution < 1.29 is 9.53 Å². The van der Waals surface area contributed by atoms with Gasteiger partial charge in [0.2, 0.25) is 5.88 Å². The van der Waals surface area contributed by atoms with Crippen LogP contribution in [0.4, 0.5) is 4.79 Å². The number of rotatable bonds is 4. The first-order valence-electron chi connectivity index (χ1n) is 10.2. The second-order valence-electron chi connectivity index (χ2n) is 8.42. The van der Waals surface area contributed by atoms with Crippen LogP contribution in [-0.2, 0) is 6.54 Å². The predicted molar refractivity (Wildman–Crippen MR) is 113 cm³/mol. The fraction of sp³-hybridized carbons (Fsp3) is 0.478. The molecule has 3 heterocycles. The van der Waals surface area contributed by atoms with Crippen molar-refractivity contribution >= 4 is 6.03 Å². The van der Waals surface area contributed by atoms with Crippen molar-refractivity contribution in [3.05, 3.63) is 59.3 Å². The number of fused-ring (bicyclic) bond motifs is 1. The molecule has 1 aromatic heterocycles. The first kappa shape index (κ1) is 19.7. The number of urea groups is 1. The molecule has 0 spiro atoms. The van der Waals surface area contributed by atoms with E-state index in [4.69, 9.17) is 4.74 Å². The minimum Gasteiger partial charge on any atom is -0.481 e. The Morgan fingerprint density at radius 1 is 1.14 bits per heavy atom. The van der Waals surface area contributed by atoms with Crippen LogP contribution in [0.3, 0.4) is 0 Å². The molecule has 2 aliphatic rings. The number of aryl methyl sites for hydroxylation is 1. The maximum Gasteiger partial charge on any atom is 0.320 e. The van der Waals surface area contributed by atoms with Gasteiger partial charge in [-0.15, -0.1) is 0 Å². The van der Waals surface area contributed by atoms with E-state index in [2.05, 4.69) is 52.0 Å². The van der Waals surface area contributed by atoms with E-state index in [1.54, 1.807) is 12.0 Å². The first-order valence-corrected chi connectivity index (χ1v) is 10.2. The Labute approximate surface area is 173 Å². The normalized spacial score (nSPS) is 23.9. The van der Waals surface area contributed by atoms with Gasteiger partial charge < -0.3 is 14.5 Å². The summed E-state index contributed by atoms with van der Waals surface area (Å²) in [5.41, 5.74) is 3.55. The topological polar surface area (TPSA) is 48.9 Å². The Morgan fingerprint density at radius 3 is 2.66 bits per heavy atom. The molecule has 2 aromatic rings. The summed E-state index contributed by atoms with van der Waals surface area (Å²) in [6, 6.07) is 14.6. The van der Waals surface area contributed by atoms with E-state index in [0.29, 0.717) is 17.7 Å². The molecule has 2 saturated heterocycles. The van der Waals surface area contributed by atoms with Gasteiger partial charge in [-0.05, 0) is 30.0 Å². The van der Waals surface area contributed by atoms with Gasteiger partial charge in [-0.2, -0.15) is 0 Å². The SMILES string of the molecule is COc1cccc(CN2C[C@@H]3CN(C(=O)N(C)C)[C@@H](c4ccccc4C)[C@@H]3C2)n1. The van der Waals surface area contributed by atoms with Crippen LogP contribution in [0.2, 0.25) is 0 Å². The summed E-state index contributed by atoms with van der Waals surface area (Å²) in [5.74, 6) is 1.57. The van der Waals surface area contributed by atoms with Crippen LogP contribution in [0.25, 0.3) is 0 Å². The standard InChI is InChI=1S/C23H30N4O2/c1-16-8-5-6-10-19(16)22-20-15-26(14-18-9-7-11-21(24-18)29-4)12-17(20)13-27(22)23(28)25(2)3/h5-11,17,20,22H,12-15H2,1-4H3/t17-,20-,22+/m1/s1. The van der Waals surface area contributed by atoms with Gasteiger partial charge in [0, 0.05) is 52.3 Å². The van der Waals surface area contributed by atoms with Crippen molar-refractivity contribution in [2.45, 2.75) is 19.5 Å². The van der Waals surface area contributed by atoms with Crippen LogP contribution in [-0.4, -0.2) is 66.6 Å². The van der Waals surface area contributed by atoms with Crippen molar-refractivity contribution in [1.29, 1.82) is 0 Å². The van der Waals surface area contributed by atoms with Gasteiger partial charge in [-0.3, -0.25) is 4.90 Å². The highest BCUT2D eigenvalue weighted by Gasteiger charge is 2.49. The lowest BCUT2D eigenvalue weighted by Crippen LogP contribution is -2.41. The van der Waals surface area contributed by atoms with Gasteiger partial charge in [-0.1, -0.05) is 30.3 Å². The highest BCUT2D eigenvalue weighted by atomic mass is 16.5. The zero-order chi connectivity index (χ0) is 20.5. The van der Waals surface area contributed by atoms with Crippen LogP contribution < -0.4 is 4.74 Å². The van der Waals surface area contributed by atoms with Gasteiger partial charge in [-0.25, -0.2) is 9.78 Å². The third kappa shape index (κ3) is 3.81. The number of ether oxygens (including phenoxy) is 1. The molecule has 0 saturated carbocycles. The molecule has 1 aromatic carbocycles. The molecule has 3 atom stereocenters. The summed E-state index contributed by atoms with van der Waals surface area (Å²) in [4.78, 5) is 23.8. The highest BCUT2D eigenvalue weighted by Crippen LogP contribution is 2.46. The van der Waals surface area contributed by atoms with Crippen LogP contribution >= 0.6 is 0 Å². The number of methoxy groups -OCH3 is 1. The van der Waals surface area contributed by atoms with E-state index in [-0.39, 0.29) is 12.1 Å². The minimum absolute atomic E-state index is 0.105. The van der Waals surface area contributed by atoms with Crippen LogP contribution in [0.5, 0.6) is 5.88 Å². The molecule has 2 fully saturated rings. The molecule has 6 nitrogen and oxygen atoms in total. The molecule has 0 bridgehead atoms. The minimum atomic E-state index is 0.105. The lowest BCUT2D eigenvalue weighted by molar-refractivity contribution is 0.151. The van der Waals surface area contributed by atoms with Crippen molar-refractivity contribution in [2.24, 2.45) is 11.8 Å². The third-order valence-electron chi connectivity index (χ3n) is 6.25. The summed E-state index contributed by atoms with van der Waals surface area (Å²) in [6.07, 6.45) is 0. The molecule has 29 heavy (non-hydrogen) atoms. The van der Waals surface area contributed by atoms with E-state index >= 15 is 0 Å². The number of nitrogens with zero attached hydrogens (tertiary/aromatic N) is 4. The Hall–Kier alpha value is -2.60. The Bertz CT molecular complexity index is 885. The molecular formula is C23H30N4O2. The first-order chi connectivity index (χ1) is 14.0. The molecule has 0 radical (unpaired) electrons. The number of aromatic nitrogens is 1. The number of carbonyl (C=O) groups excluding carboxylic acids is 1. The van der Waals surface area contributed by atoms with Crippen molar-refractivity contribution in [2.75, 3.05) is 40.8 Å². The molecule has 0 aliphatic carbocycles. The maximum atomic E-state index is 12.9. The van der Waals surface area contributed by atoms with Gasteiger partial charge >= 0.3 is 6.03 Å². The number of hydrogen-bond acceptors (Lipinski definition) is 4. The largest absolute Gasteiger partial charge is 0.481 e. The van der Waals surface area contributed by atoms with Crippen LogP contribution in [0, 0.1) is 18.8 Å². The van der Waals surface area contributed by atoms with Crippen molar-refractivity contribution in [3.63, 3.8) is 0 Å². The smallest absolute Gasteiger partial charge is 0.320 e. The number of amides is 2. The predicted octanol–water partition coefficient (Wildman–Crippen LogP) is 3.19. The zero-order valence-electron chi connectivity index (χ0n) is 17.7. The quantitative estimate of drug-likeness (QED) is 0.799. The lowest BCUT2D eigenvalue weighted by atomic mass is 9.88. The average molecular weight is 395 g/mol. The van der Waals surface area contributed by atoms with Gasteiger partial charge in [0.05, 0.1) is 18.8 Å². The summed E-state index contributed by atoms with van der Waals surface area (Å²) >= 11 is 0. The molecule has 4 rings (SSSR count). The fourth-order valence-corrected chi connectivity index (χ4v) is 4.93. The lowest BCUT2D eigenvalue weighted by Gasteiger charge is -2.32. The maximum absolute atomic E-state index is 12.9. The highest BCUT2D eigenvalue weighted by molar-refractivity contribution is 5.75. The second kappa shape index (κ2) is 8.03. The number of carbonyl (C=O) groups is 1. The van der Waals surface area contributed by atoms with Crippen molar-refractivity contribution in [3.8, 4) is 5.88 Å². The molecule has 2 aliphatic heterocycles. The van der Waals surface area contributed by atoms with Gasteiger partial charge in [0.15, 0.2) is 0 Å². The van der Waals surface area contributed by atoms with E-state index in [0.717, 1.165) is 31.9 Å². The Balaban J connectivity index is 1.57.